The van der Waals surface area contributed by atoms with Gasteiger partial charge in [0, 0.05) is 13.1 Å². The van der Waals surface area contributed by atoms with Gasteiger partial charge in [0.15, 0.2) is 0 Å². The lowest BCUT2D eigenvalue weighted by Crippen LogP contribution is -2.53. The fourth-order valence-electron chi connectivity index (χ4n) is 2.23. The SMILES string of the molecule is N#Cc1ccc(C(O)CN2CCOCC2C(N)=O)cc1. The van der Waals surface area contributed by atoms with E-state index in [0.29, 0.717) is 30.8 Å². The number of nitrogens with zero attached hydrogens (tertiary/aromatic N) is 2. The second kappa shape index (κ2) is 6.48. The van der Waals surface area contributed by atoms with Gasteiger partial charge in [-0.05, 0) is 17.7 Å². The minimum Gasteiger partial charge on any atom is -0.387 e. The quantitative estimate of drug-likeness (QED) is 0.791. The van der Waals surface area contributed by atoms with Crippen molar-refractivity contribution >= 4 is 5.91 Å². The van der Waals surface area contributed by atoms with Gasteiger partial charge in [-0.1, -0.05) is 12.1 Å². The Hall–Kier alpha value is -1.94. The number of primary amides is 1. The Kier molecular flexibility index (Phi) is 4.69. The minimum absolute atomic E-state index is 0.259. The molecule has 0 aliphatic carbocycles. The van der Waals surface area contributed by atoms with E-state index in [9.17, 15) is 9.90 Å². The van der Waals surface area contributed by atoms with Gasteiger partial charge in [-0.15, -0.1) is 0 Å². The van der Waals surface area contributed by atoms with Crippen LogP contribution in [0.25, 0.3) is 0 Å². The summed E-state index contributed by atoms with van der Waals surface area (Å²) in [4.78, 5) is 13.2. The number of nitriles is 1. The van der Waals surface area contributed by atoms with E-state index in [1.807, 2.05) is 11.0 Å². The summed E-state index contributed by atoms with van der Waals surface area (Å²) < 4.78 is 5.23. The number of nitrogens with two attached hydrogens (primary N) is 1. The maximum absolute atomic E-state index is 11.3. The Balaban J connectivity index is 2.03. The molecule has 2 unspecified atom stereocenters. The second-order valence-electron chi connectivity index (χ2n) is 4.74. The highest BCUT2D eigenvalue weighted by atomic mass is 16.5. The normalized spacial score (nSPS) is 21.1. The summed E-state index contributed by atoms with van der Waals surface area (Å²) >= 11 is 0. The standard InChI is InChI=1S/C14H17N3O3/c15-7-10-1-3-11(4-2-10)13(18)8-17-5-6-20-9-12(17)14(16)19/h1-4,12-13,18H,5-6,8-9H2,(H2,16,19). The van der Waals surface area contributed by atoms with E-state index in [4.69, 9.17) is 15.7 Å². The van der Waals surface area contributed by atoms with Gasteiger partial charge in [-0.25, -0.2) is 0 Å². The number of aliphatic hydroxyl groups is 1. The summed E-state index contributed by atoms with van der Waals surface area (Å²) in [6, 6.07) is 8.26. The molecule has 0 aromatic heterocycles. The summed E-state index contributed by atoms with van der Waals surface area (Å²) in [6.07, 6.45) is -0.734. The predicted octanol–water partition coefficient (Wildman–Crippen LogP) is -0.222. The first-order chi connectivity index (χ1) is 9.61. The smallest absolute Gasteiger partial charge is 0.237 e. The Morgan fingerprint density at radius 2 is 2.25 bits per heavy atom. The Bertz CT molecular complexity index is 509. The number of rotatable bonds is 4. The molecule has 20 heavy (non-hydrogen) atoms. The van der Waals surface area contributed by atoms with Gasteiger partial charge in [0.2, 0.25) is 5.91 Å². The zero-order valence-electron chi connectivity index (χ0n) is 11.0. The molecular formula is C14H17N3O3. The molecule has 1 aromatic rings. The molecule has 0 saturated carbocycles. The van der Waals surface area contributed by atoms with Crippen LogP contribution in [0.4, 0.5) is 0 Å². The predicted molar refractivity (Wildman–Crippen MR) is 71.5 cm³/mol. The average molecular weight is 275 g/mol. The number of benzene rings is 1. The van der Waals surface area contributed by atoms with Gasteiger partial charge in [-0.3, -0.25) is 9.69 Å². The van der Waals surface area contributed by atoms with E-state index in [1.165, 1.54) is 0 Å². The maximum atomic E-state index is 11.3. The van der Waals surface area contributed by atoms with Crippen LogP contribution in [0, 0.1) is 11.3 Å². The van der Waals surface area contributed by atoms with Crippen LogP contribution in [0.15, 0.2) is 24.3 Å². The number of aliphatic hydroxyl groups excluding tert-OH is 1. The van der Waals surface area contributed by atoms with Gasteiger partial charge in [-0.2, -0.15) is 5.26 Å². The highest BCUT2D eigenvalue weighted by molar-refractivity contribution is 5.80. The molecular weight excluding hydrogens is 258 g/mol. The van der Waals surface area contributed by atoms with Gasteiger partial charge in [0.05, 0.1) is 31.0 Å². The summed E-state index contributed by atoms with van der Waals surface area (Å²) in [5.74, 6) is -0.447. The molecule has 1 amide bonds. The third-order valence-electron chi connectivity index (χ3n) is 3.40. The number of carbonyl (C=O) groups is 1. The van der Waals surface area contributed by atoms with Crippen LogP contribution in [0.5, 0.6) is 0 Å². The first-order valence-corrected chi connectivity index (χ1v) is 6.41. The molecule has 1 aromatic carbocycles. The molecule has 6 nitrogen and oxygen atoms in total. The molecule has 0 radical (unpaired) electrons. The molecule has 2 rings (SSSR count). The monoisotopic (exact) mass is 275 g/mol. The number of carbonyl (C=O) groups excluding carboxylic acids is 1. The first kappa shape index (κ1) is 14.5. The lowest BCUT2D eigenvalue weighted by molar-refractivity contribution is -0.130. The number of hydrogen-bond donors (Lipinski definition) is 2. The van der Waals surface area contributed by atoms with Crippen molar-refractivity contribution in [3.8, 4) is 6.07 Å². The molecule has 1 aliphatic rings. The van der Waals surface area contributed by atoms with Crippen LogP contribution >= 0.6 is 0 Å². The lowest BCUT2D eigenvalue weighted by Gasteiger charge is -2.34. The third kappa shape index (κ3) is 3.33. The van der Waals surface area contributed by atoms with Gasteiger partial charge >= 0.3 is 0 Å². The summed E-state index contributed by atoms with van der Waals surface area (Å²) in [6.45, 7) is 1.64. The van der Waals surface area contributed by atoms with Crippen molar-refractivity contribution in [2.45, 2.75) is 12.1 Å². The van der Waals surface area contributed by atoms with Gasteiger partial charge < -0.3 is 15.6 Å². The number of morpholine rings is 1. The van der Waals surface area contributed by atoms with Crippen LogP contribution < -0.4 is 5.73 Å². The topological polar surface area (TPSA) is 99.6 Å². The summed E-state index contributed by atoms with van der Waals surface area (Å²) in [7, 11) is 0. The van der Waals surface area contributed by atoms with Crippen molar-refractivity contribution in [2.24, 2.45) is 5.73 Å². The minimum atomic E-state index is -0.734. The fourth-order valence-corrected chi connectivity index (χ4v) is 2.23. The Labute approximate surface area is 117 Å². The molecule has 6 heteroatoms. The van der Waals surface area contributed by atoms with Crippen molar-refractivity contribution in [3.63, 3.8) is 0 Å². The molecule has 1 aliphatic heterocycles. The van der Waals surface area contributed by atoms with Crippen LogP contribution in [-0.4, -0.2) is 48.3 Å². The number of β-amino-alcohol motifs (C(OH)–C–C–N with tert-alkyl or cyclic N) is 1. The van der Waals surface area contributed by atoms with Crippen molar-refractivity contribution in [1.82, 2.24) is 4.90 Å². The molecule has 1 fully saturated rings. The lowest BCUT2D eigenvalue weighted by atomic mass is 10.1. The maximum Gasteiger partial charge on any atom is 0.237 e. The van der Waals surface area contributed by atoms with E-state index >= 15 is 0 Å². The zero-order chi connectivity index (χ0) is 14.5. The van der Waals surface area contributed by atoms with Crippen LogP contribution in [-0.2, 0) is 9.53 Å². The summed E-state index contributed by atoms with van der Waals surface area (Å²) in [5.41, 5.74) is 6.58. The molecule has 0 bridgehead atoms. The van der Waals surface area contributed by atoms with E-state index in [1.54, 1.807) is 24.3 Å². The highest BCUT2D eigenvalue weighted by Crippen LogP contribution is 2.17. The van der Waals surface area contributed by atoms with E-state index in [-0.39, 0.29) is 6.61 Å². The number of hydrogen-bond acceptors (Lipinski definition) is 5. The Morgan fingerprint density at radius 1 is 1.55 bits per heavy atom. The van der Waals surface area contributed by atoms with Gasteiger partial charge in [0.25, 0.3) is 0 Å². The average Bonchev–Trinajstić information content (AvgIpc) is 2.47. The zero-order valence-corrected chi connectivity index (χ0v) is 11.0. The molecule has 1 saturated heterocycles. The van der Waals surface area contributed by atoms with E-state index < -0.39 is 18.1 Å². The van der Waals surface area contributed by atoms with Crippen LogP contribution in [0.3, 0.4) is 0 Å². The van der Waals surface area contributed by atoms with Gasteiger partial charge in [0.1, 0.15) is 6.04 Å². The van der Waals surface area contributed by atoms with Crippen molar-refractivity contribution < 1.29 is 14.6 Å². The van der Waals surface area contributed by atoms with Crippen LogP contribution in [0.2, 0.25) is 0 Å². The first-order valence-electron chi connectivity index (χ1n) is 6.41. The van der Waals surface area contributed by atoms with Crippen molar-refractivity contribution in [3.05, 3.63) is 35.4 Å². The van der Waals surface area contributed by atoms with E-state index in [2.05, 4.69) is 0 Å². The molecule has 2 atom stereocenters. The largest absolute Gasteiger partial charge is 0.387 e. The fraction of sp³-hybridized carbons (Fsp3) is 0.429. The summed E-state index contributed by atoms with van der Waals surface area (Å²) in [5, 5.41) is 19.0. The number of ether oxygens (including phenoxy) is 1. The molecule has 1 heterocycles. The van der Waals surface area contributed by atoms with E-state index in [0.717, 1.165) is 0 Å². The number of amides is 1. The highest BCUT2D eigenvalue weighted by Gasteiger charge is 2.29. The Morgan fingerprint density at radius 3 is 2.85 bits per heavy atom. The van der Waals surface area contributed by atoms with Crippen LogP contribution in [0.1, 0.15) is 17.2 Å². The van der Waals surface area contributed by atoms with Crippen molar-refractivity contribution in [2.75, 3.05) is 26.3 Å². The second-order valence-corrected chi connectivity index (χ2v) is 4.74. The third-order valence-corrected chi connectivity index (χ3v) is 3.40. The molecule has 3 N–H and O–H groups in total. The molecule has 106 valence electrons. The molecule has 0 spiro atoms. The van der Waals surface area contributed by atoms with Crippen molar-refractivity contribution in [1.29, 1.82) is 5.26 Å².